The quantitative estimate of drug-likeness (QED) is 0.889. The van der Waals surface area contributed by atoms with Crippen molar-refractivity contribution in [1.29, 1.82) is 0 Å². The van der Waals surface area contributed by atoms with E-state index in [0.717, 1.165) is 0 Å². The summed E-state index contributed by atoms with van der Waals surface area (Å²) in [4.78, 5) is 0. The number of benzene rings is 1. The standard InChI is InChI=1S/C11H15BrFNO/c1-6(2)5-9(14)10-8(13)4-3-7(12)11(10)15/h3-4,6,9,15H,5,14H2,1-2H3/t9-/m1/s1. The monoisotopic (exact) mass is 275 g/mol. The molecule has 0 unspecified atom stereocenters. The average Bonchev–Trinajstić information content (AvgIpc) is 2.11. The lowest BCUT2D eigenvalue weighted by Gasteiger charge is -2.17. The number of nitrogens with two attached hydrogens (primary N) is 1. The van der Waals surface area contributed by atoms with Crippen LogP contribution in [0.25, 0.3) is 0 Å². The van der Waals surface area contributed by atoms with Crippen LogP contribution in [0.2, 0.25) is 0 Å². The van der Waals surface area contributed by atoms with E-state index in [2.05, 4.69) is 15.9 Å². The molecule has 0 aliphatic carbocycles. The van der Waals surface area contributed by atoms with E-state index < -0.39 is 11.9 Å². The van der Waals surface area contributed by atoms with Crippen molar-refractivity contribution in [3.63, 3.8) is 0 Å². The van der Waals surface area contributed by atoms with Crippen molar-refractivity contribution in [1.82, 2.24) is 0 Å². The second-order valence-corrected chi connectivity index (χ2v) is 4.88. The van der Waals surface area contributed by atoms with Gasteiger partial charge in [-0.1, -0.05) is 13.8 Å². The van der Waals surface area contributed by atoms with Crippen LogP contribution in [0.1, 0.15) is 31.9 Å². The lowest BCUT2D eigenvalue weighted by atomic mass is 9.97. The molecule has 0 aliphatic heterocycles. The minimum atomic E-state index is -0.470. The van der Waals surface area contributed by atoms with E-state index >= 15 is 0 Å². The Morgan fingerprint density at radius 3 is 2.60 bits per heavy atom. The van der Waals surface area contributed by atoms with E-state index in [9.17, 15) is 9.50 Å². The summed E-state index contributed by atoms with van der Waals surface area (Å²) in [7, 11) is 0. The van der Waals surface area contributed by atoms with E-state index in [-0.39, 0.29) is 11.3 Å². The Balaban J connectivity index is 3.07. The highest BCUT2D eigenvalue weighted by Crippen LogP contribution is 2.35. The van der Waals surface area contributed by atoms with Crippen molar-refractivity contribution in [2.75, 3.05) is 0 Å². The highest BCUT2D eigenvalue weighted by molar-refractivity contribution is 9.10. The van der Waals surface area contributed by atoms with Crippen LogP contribution < -0.4 is 5.73 Å². The third-order valence-electron chi connectivity index (χ3n) is 2.21. The maximum atomic E-state index is 13.5. The summed E-state index contributed by atoms with van der Waals surface area (Å²) in [6.45, 7) is 4.01. The minimum absolute atomic E-state index is 0.0943. The second-order valence-electron chi connectivity index (χ2n) is 4.03. The van der Waals surface area contributed by atoms with Gasteiger partial charge >= 0.3 is 0 Å². The van der Waals surface area contributed by atoms with E-state index in [1.165, 1.54) is 12.1 Å². The number of hydrogen-bond donors (Lipinski definition) is 2. The first-order valence-corrected chi connectivity index (χ1v) is 5.65. The Morgan fingerprint density at radius 2 is 2.07 bits per heavy atom. The first kappa shape index (κ1) is 12.5. The van der Waals surface area contributed by atoms with Crippen molar-refractivity contribution < 1.29 is 9.50 Å². The van der Waals surface area contributed by atoms with Crippen LogP contribution in [0.15, 0.2) is 16.6 Å². The molecule has 0 saturated carbocycles. The van der Waals surface area contributed by atoms with Gasteiger partial charge < -0.3 is 10.8 Å². The number of hydrogen-bond acceptors (Lipinski definition) is 2. The van der Waals surface area contributed by atoms with Gasteiger partial charge in [-0.15, -0.1) is 0 Å². The van der Waals surface area contributed by atoms with Gasteiger partial charge in [0.15, 0.2) is 0 Å². The summed E-state index contributed by atoms with van der Waals surface area (Å²) >= 11 is 3.14. The third kappa shape index (κ3) is 2.92. The van der Waals surface area contributed by atoms with Gasteiger partial charge in [-0.2, -0.15) is 0 Å². The fourth-order valence-electron chi connectivity index (χ4n) is 1.54. The predicted octanol–water partition coefficient (Wildman–Crippen LogP) is 3.34. The molecular weight excluding hydrogens is 261 g/mol. The van der Waals surface area contributed by atoms with Crippen LogP contribution >= 0.6 is 15.9 Å². The van der Waals surface area contributed by atoms with Crippen LogP contribution in [0.3, 0.4) is 0 Å². The Bertz CT molecular complexity index is 355. The molecule has 0 bridgehead atoms. The van der Waals surface area contributed by atoms with Crippen LogP contribution in [0.5, 0.6) is 5.75 Å². The molecule has 0 fully saturated rings. The van der Waals surface area contributed by atoms with Gasteiger partial charge in [-0.3, -0.25) is 0 Å². The molecule has 3 N–H and O–H groups in total. The van der Waals surface area contributed by atoms with Crippen molar-refractivity contribution in [2.45, 2.75) is 26.3 Å². The molecule has 0 aliphatic rings. The number of rotatable bonds is 3. The van der Waals surface area contributed by atoms with Crippen LogP contribution in [0, 0.1) is 11.7 Å². The molecule has 1 atom stereocenters. The number of phenolic OH excluding ortho intramolecular Hbond substituents is 1. The predicted molar refractivity (Wildman–Crippen MR) is 62.1 cm³/mol. The SMILES string of the molecule is CC(C)C[C@@H](N)c1c(F)ccc(Br)c1O. The molecule has 0 spiro atoms. The Kier molecular flexibility index (Phi) is 4.11. The molecule has 0 radical (unpaired) electrons. The zero-order valence-electron chi connectivity index (χ0n) is 8.80. The summed E-state index contributed by atoms with van der Waals surface area (Å²) in [6, 6.07) is 2.30. The van der Waals surface area contributed by atoms with Gasteiger partial charge in [0.1, 0.15) is 11.6 Å². The van der Waals surface area contributed by atoms with E-state index in [4.69, 9.17) is 5.73 Å². The smallest absolute Gasteiger partial charge is 0.137 e. The first-order valence-electron chi connectivity index (χ1n) is 4.86. The van der Waals surface area contributed by atoms with Gasteiger partial charge in [0, 0.05) is 11.6 Å². The van der Waals surface area contributed by atoms with Crippen molar-refractivity contribution in [2.24, 2.45) is 11.7 Å². The largest absolute Gasteiger partial charge is 0.506 e. The third-order valence-corrected chi connectivity index (χ3v) is 2.85. The highest BCUT2D eigenvalue weighted by Gasteiger charge is 2.19. The summed E-state index contributed by atoms with van der Waals surface area (Å²) in [5, 5.41) is 9.69. The second kappa shape index (κ2) is 4.94. The first-order chi connectivity index (χ1) is 6.93. The number of aromatic hydroxyl groups is 1. The fourth-order valence-corrected chi connectivity index (χ4v) is 1.88. The van der Waals surface area contributed by atoms with Crippen LogP contribution in [-0.4, -0.2) is 5.11 Å². The van der Waals surface area contributed by atoms with Gasteiger partial charge in [0.25, 0.3) is 0 Å². The Hall–Kier alpha value is -0.610. The van der Waals surface area contributed by atoms with Crippen LogP contribution in [0.4, 0.5) is 4.39 Å². The van der Waals surface area contributed by atoms with Gasteiger partial charge in [0.05, 0.1) is 4.47 Å². The molecule has 4 heteroatoms. The van der Waals surface area contributed by atoms with Gasteiger partial charge in [0.2, 0.25) is 0 Å². The lowest BCUT2D eigenvalue weighted by Crippen LogP contribution is -2.14. The summed E-state index contributed by atoms with van der Waals surface area (Å²) in [6.07, 6.45) is 0.640. The van der Waals surface area contributed by atoms with E-state index in [1.807, 2.05) is 13.8 Å². The molecule has 0 heterocycles. The van der Waals surface area contributed by atoms with E-state index in [1.54, 1.807) is 0 Å². The molecule has 1 rings (SSSR count). The van der Waals surface area contributed by atoms with Crippen molar-refractivity contribution in [3.8, 4) is 5.75 Å². The highest BCUT2D eigenvalue weighted by atomic mass is 79.9. The molecule has 2 nitrogen and oxygen atoms in total. The zero-order valence-corrected chi connectivity index (χ0v) is 10.4. The Labute approximate surface area is 97.4 Å². The average molecular weight is 276 g/mol. The topological polar surface area (TPSA) is 46.2 Å². The number of halogens is 2. The number of phenols is 1. The maximum absolute atomic E-state index is 13.5. The molecule has 0 aromatic heterocycles. The molecule has 84 valence electrons. The Morgan fingerprint density at radius 1 is 1.47 bits per heavy atom. The zero-order chi connectivity index (χ0) is 11.6. The lowest BCUT2D eigenvalue weighted by molar-refractivity contribution is 0.427. The normalized spacial score (nSPS) is 13.2. The molecule has 0 saturated heterocycles. The summed E-state index contributed by atoms with van der Waals surface area (Å²) in [5.41, 5.74) is 6.04. The van der Waals surface area contributed by atoms with E-state index in [0.29, 0.717) is 16.8 Å². The van der Waals surface area contributed by atoms with Crippen molar-refractivity contribution >= 4 is 15.9 Å². The minimum Gasteiger partial charge on any atom is -0.506 e. The summed E-state index contributed by atoms with van der Waals surface area (Å²) < 4.78 is 13.9. The van der Waals surface area contributed by atoms with Crippen LogP contribution in [-0.2, 0) is 0 Å². The van der Waals surface area contributed by atoms with Gasteiger partial charge in [-0.05, 0) is 40.4 Å². The van der Waals surface area contributed by atoms with Crippen molar-refractivity contribution in [3.05, 3.63) is 28.0 Å². The molecule has 1 aromatic carbocycles. The van der Waals surface area contributed by atoms with Gasteiger partial charge in [-0.25, -0.2) is 4.39 Å². The summed E-state index contributed by atoms with van der Waals surface area (Å²) in [5.74, 6) is -0.190. The maximum Gasteiger partial charge on any atom is 0.137 e. The molecule has 1 aromatic rings. The molecule has 15 heavy (non-hydrogen) atoms. The fraction of sp³-hybridized carbons (Fsp3) is 0.455. The molecular formula is C11H15BrFNO. The molecule has 0 amide bonds.